The molecule has 0 aliphatic heterocycles. The largest absolute Gasteiger partial charge is 0.311 e. The topological polar surface area (TPSA) is 20.3 Å². The van der Waals surface area contributed by atoms with Crippen LogP contribution in [0.2, 0.25) is 0 Å². The van der Waals surface area contributed by atoms with E-state index in [1.54, 1.807) is 4.90 Å². The standard InChI is InChI=1S/C21H21NO/c1-15(2)16-8-10-18(11-9-16)21(23)22(3)20-13-12-17-6-4-5-7-19(17)14-20/h4-15H,1-3H3. The van der Waals surface area contributed by atoms with Gasteiger partial charge in [-0.25, -0.2) is 0 Å². The normalized spacial score (nSPS) is 11.0. The highest BCUT2D eigenvalue weighted by Gasteiger charge is 2.14. The highest BCUT2D eigenvalue weighted by atomic mass is 16.2. The summed E-state index contributed by atoms with van der Waals surface area (Å²) in [5.74, 6) is 0.480. The first-order valence-electron chi connectivity index (χ1n) is 7.93. The van der Waals surface area contributed by atoms with E-state index in [2.05, 4.69) is 38.1 Å². The molecule has 3 aromatic rings. The Kier molecular flexibility index (Phi) is 4.16. The third-order valence-electron chi connectivity index (χ3n) is 4.25. The summed E-state index contributed by atoms with van der Waals surface area (Å²) < 4.78 is 0. The van der Waals surface area contributed by atoms with Gasteiger partial charge < -0.3 is 4.90 Å². The molecular weight excluding hydrogens is 282 g/mol. The van der Waals surface area contributed by atoms with Gasteiger partial charge in [0.25, 0.3) is 5.91 Å². The van der Waals surface area contributed by atoms with Crippen molar-refractivity contribution in [2.75, 3.05) is 11.9 Å². The molecule has 2 nitrogen and oxygen atoms in total. The lowest BCUT2D eigenvalue weighted by atomic mass is 10.0. The first-order valence-corrected chi connectivity index (χ1v) is 7.93. The average Bonchev–Trinajstić information content (AvgIpc) is 2.60. The Morgan fingerprint density at radius 1 is 0.870 bits per heavy atom. The van der Waals surface area contributed by atoms with E-state index in [1.165, 1.54) is 10.9 Å². The summed E-state index contributed by atoms with van der Waals surface area (Å²) in [6, 6.07) is 22.2. The molecule has 2 heteroatoms. The van der Waals surface area contributed by atoms with Crippen LogP contribution < -0.4 is 4.90 Å². The number of nitrogens with zero attached hydrogens (tertiary/aromatic N) is 1. The van der Waals surface area contributed by atoms with Crippen LogP contribution in [0.25, 0.3) is 10.8 Å². The fourth-order valence-corrected chi connectivity index (χ4v) is 2.71. The van der Waals surface area contributed by atoms with Crippen LogP contribution in [0.4, 0.5) is 5.69 Å². The van der Waals surface area contributed by atoms with E-state index >= 15 is 0 Å². The lowest BCUT2D eigenvalue weighted by Gasteiger charge is -2.18. The van der Waals surface area contributed by atoms with Crippen molar-refractivity contribution in [3.05, 3.63) is 77.9 Å². The van der Waals surface area contributed by atoms with E-state index in [4.69, 9.17) is 0 Å². The van der Waals surface area contributed by atoms with Crippen LogP contribution in [0.5, 0.6) is 0 Å². The Hall–Kier alpha value is -2.61. The monoisotopic (exact) mass is 303 g/mol. The molecule has 0 saturated heterocycles. The van der Waals surface area contributed by atoms with Crippen LogP contribution in [-0.2, 0) is 0 Å². The maximum Gasteiger partial charge on any atom is 0.258 e. The third kappa shape index (κ3) is 3.11. The van der Waals surface area contributed by atoms with Crippen LogP contribution in [0, 0.1) is 0 Å². The van der Waals surface area contributed by atoms with Crippen LogP contribution in [0.15, 0.2) is 66.7 Å². The van der Waals surface area contributed by atoms with Gasteiger partial charge >= 0.3 is 0 Å². The number of anilines is 1. The van der Waals surface area contributed by atoms with Crippen molar-refractivity contribution in [3.63, 3.8) is 0 Å². The Balaban J connectivity index is 1.88. The van der Waals surface area contributed by atoms with Gasteiger partial charge in [-0.15, -0.1) is 0 Å². The zero-order chi connectivity index (χ0) is 16.4. The maximum absolute atomic E-state index is 12.7. The average molecular weight is 303 g/mol. The molecule has 0 saturated carbocycles. The molecule has 0 aliphatic carbocycles. The molecule has 0 aliphatic rings. The maximum atomic E-state index is 12.7. The summed E-state index contributed by atoms with van der Waals surface area (Å²) in [6.07, 6.45) is 0. The van der Waals surface area contributed by atoms with E-state index in [0.29, 0.717) is 11.5 Å². The summed E-state index contributed by atoms with van der Waals surface area (Å²) in [5, 5.41) is 2.32. The molecule has 0 unspecified atom stereocenters. The number of hydrogen-bond acceptors (Lipinski definition) is 1. The first kappa shape index (κ1) is 15.3. The summed E-state index contributed by atoms with van der Waals surface area (Å²) in [6.45, 7) is 4.30. The van der Waals surface area contributed by atoms with Gasteiger partial charge in [0.1, 0.15) is 0 Å². The number of amides is 1. The van der Waals surface area contributed by atoms with Crippen molar-refractivity contribution in [3.8, 4) is 0 Å². The predicted molar refractivity (Wildman–Crippen MR) is 97.2 cm³/mol. The number of carbonyl (C=O) groups excluding carboxylic acids is 1. The molecule has 0 N–H and O–H groups in total. The molecule has 0 heterocycles. The summed E-state index contributed by atoms with van der Waals surface area (Å²) >= 11 is 0. The van der Waals surface area contributed by atoms with Gasteiger partial charge in [-0.05, 0) is 46.5 Å². The van der Waals surface area contributed by atoms with Gasteiger partial charge in [0.05, 0.1) is 0 Å². The molecule has 0 atom stereocenters. The van der Waals surface area contributed by atoms with Crippen molar-refractivity contribution in [1.82, 2.24) is 0 Å². The third-order valence-corrected chi connectivity index (χ3v) is 4.25. The lowest BCUT2D eigenvalue weighted by molar-refractivity contribution is 0.0993. The van der Waals surface area contributed by atoms with Gasteiger partial charge in [-0.3, -0.25) is 4.79 Å². The van der Waals surface area contributed by atoms with Crippen LogP contribution in [0.3, 0.4) is 0 Å². The van der Waals surface area contributed by atoms with Gasteiger partial charge in [-0.1, -0.05) is 56.3 Å². The SMILES string of the molecule is CC(C)c1ccc(C(=O)N(C)c2ccc3ccccc3c2)cc1. The minimum absolute atomic E-state index is 0.00980. The molecule has 0 fully saturated rings. The molecule has 116 valence electrons. The Morgan fingerprint density at radius 2 is 1.52 bits per heavy atom. The van der Waals surface area contributed by atoms with E-state index < -0.39 is 0 Å². The van der Waals surface area contributed by atoms with Crippen LogP contribution in [0.1, 0.15) is 35.7 Å². The van der Waals surface area contributed by atoms with Crippen molar-refractivity contribution in [2.24, 2.45) is 0 Å². The van der Waals surface area contributed by atoms with E-state index in [0.717, 1.165) is 11.1 Å². The van der Waals surface area contributed by atoms with Crippen LogP contribution >= 0.6 is 0 Å². The number of carbonyl (C=O) groups is 1. The minimum Gasteiger partial charge on any atom is -0.311 e. The van der Waals surface area contributed by atoms with Gasteiger partial charge in [0.15, 0.2) is 0 Å². The zero-order valence-electron chi connectivity index (χ0n) is 13.8. The number of benzene rings is 3. The molecule has 23 heavy (non-hydrogen) atoms. The second-order valence-corrected chi connectivity index (χ2v) is 6.17. The van der Waals surface area contributed by atoms with Crippen molar-refractivity contribution >= 4 is 22.4 Å². The first-order chi connectivity index (χ1) is 11.1. The Bertz CT molecular complexity index is 834. The second kappa shape index (κ2) is 6.25. The molecule has 3 rings (SSSR count). The van der Waals surface area contributed by atoms with E-state index in [9.17, 15) is 4.79 Å². The quantitative estimate of drug-likeness (QED) is 0.648. The van der Waals surface area contributed by atoms with E-state index in [-0.39, 0.29) is 5.91 Å². The van der Waals surface area contributed by atoms with Gasteiger partial charge in [0.2, 0.25) is 0 Å². The van der Waals surface area contributed by atoms with Crippen molar-refractivity contribution in [2.45, 2.75) is 19.8 Å². The molecule has 1 amide bonds. The zero-order valence-corrected chi connectivity index (χ0v) is 13.8. The highest BCUT2D eigenvalue weighted by molar-refractivity contribution is 6.06. The molecule has 0 spiro atoms. The van der Waals surface area contributed by atoms with Crippen molar-refractivity contribution in [1.29, 1.82) is 0 Å². The van der Waals surface area contributed by atoms with Crippen molar-refractivity contribution < 1.29 is 4.79 Å². The summed E-state index contributed by atoms with van der Waals surface area (Å²) in [4.78, 5) is 14.4. The number of rotatable bonds is 3. The van der Waals surface area contributed by atoms with Crippen LogP contribution in [-0.4, -0.2) is 13.0 Å². The Labute approximate surface area is 137 Å². The molecule has 0 radical (unpaired) electrons. The fourth-order valence-electron chi connectivity index (χ4n) is 2.71. The highest BCUT2D eigenvalue weighted by Crippen LogP contribution is 2.23. The Morgan fingerprint density at radius 3 is 2.17 bits per heavy atom. The predicted octanol–water partition coefficient (Wildman–Crippen LogP) is 5.24. The molecule has 3 aromatic carbocycles. The summed E-state index contributed by atoms with van der Waals surface area (Å²) in [5.41, 5.74) is 2.86. The second-order valence-electron chi connectivity index (χ2n) is 6.17. The summed E-state index contributed by atoms with van der Waals surface area (Å²) in [7, 11) is 1.82. The smallest absolute Gasteiger partial charge is 0.258 e. The fraction of sp³-hybridized carbons (Fsp3) is 0.190. The minimum atomic E-state index is 0.00980. The van der Waals surface area contributed by atoms with E-state index in [1.807, 2.05) is 49.5 Å². The van der Waals surface area contributed by atoms with Gasteiger partial charge in [-0.2, -0.15) is 0 Å². The number of fused-ring (bicyclic) bond motifs is 1. The molecular formula is C21H21NO. The molecule has 0 aromatic heterocycles. The lowest BCUT2D eigenvalue weighted by Crippen LogP contribution is -2.26. The van der Waals surface area contributed by atoms with Gasteiger partial charge in [0, 0.05) is 18.3 Å². The molecule has 0 bridgehead atoms. The number of hydrogen-bond donors (Lipinski definition) is 0.